The second kappa shape index (κ2) is 3.08. The molecule has 5 heteroatoms. The van der Waals surface area contributed by atoms with Gasteiger partial charge in [0.25, 0.3) is 0 Å². The van der Waals surface area contributed by atoms with Crippen molar-refractivity contribution in [1.29, 1.82) is 0 Å². The first-order chi connectivity index (χ1) is 7.29. The third-order valence-electron chi connectivity index (χ3n) is 2.74. The Balaban J connectivity index is 2.69. The minimum absolute atomic E-state index is 0.0239. The number of hydrogen-bond donors (Lipinski definition) is 0. The van der Waals surface area contributed by atoms with E-state index in [1.165, 1.54) is 11.1 Å². The molecule has 0 aliphatic rings. The molecule has 2 aromatic heterocycles. The summed E-state index contributed by atoms with van der Waals surface area (Å²) in [7, 11) is 0. The van der Waals surface area contributed by atoms with Gasteiger partial charge >= 0.3 is 92.3 Å². The first-order valence-electron chi connectivity index (χ1n) is 4.61. The van der Waals surface area contributed by atoms with Crippen molar-refractivity contribution < 1.29 is 0 Å². The number of hydrogen-bond acceptors (Lipinski definition) is 4. The van der Waals surface area contributed by atoms with Crippen molar-refractivity contribution in [2.45, 2.75) is 13.8 Å². The average molecular weight is 263 g/mol. The Morgan fingerprint density at radius 2 is 1.33 bits per heavy atom. The van der Waals surface area contributed by atoms with E-state index in [9.17, 15) is 0 Å². The summed E-state index contributed by atoms with van der Waals surface area (Å²) >= 11 is 0.0239. The second-order valence-electron chi connectivity index (χ2n) is 3.53. The second-order valence-corrected chi connectivity index (χ2v) is 4.64. The van der Waals surface area contributed by atoms with Gasteiger partial charge in [-0.3, -0.25) is 0 Å². The van der Waals surface area contributed by atoms with Crippen LogP contribution >= 0.6 is 0 Å². The minimum atomic E-state index is 0.0239. The van der Waals surface area contributed by atoms with E-state index in [0.29, 0.717) is 0 Å². The van der Waals surface area contributed by atoms with Gasteiger partial charge in [-0.05, 0) is 0 Å². The van der Waals surface area contributed by atoms with Gasteiger partial charge in [0.15, 0.2) is 0 Å². The molecule has 0 aliphatic heterocycles. The Labute approximate surface area is 92.6 Å². The summed E-state index contributed by atoms with van der Waals surface area (Å²) in [5.41, 5.74) is 4.44. The number of fused-ring (bicyclic) bond motifs is 2. The van der Waals surface area contributed by atoms with Crippen molar-refractivity contribution in [2.75, 3.05) is 0 Å². The third-order valence-corrected chi connectivity index (χ3v) is 3.85. The normalized spacial score (nSPS) is 11.3. The Bertz CT molecular complexity index is 603. The molecule has 0 radical (unpaired) electrons. The van der Waals surface area contributed by atoms with E-state index in [1.54, 1.807) is 12.4 Å². The Hall–Kier alpha value is -1.32. The molecule has 0 saturated carbocycles. The summed E-state index contributed by atoms with van der Waals surface area (Å²) in [4.78, 5) is 0. The van der Waals surface area contributed by atoms with Crippen molar-refractivity contribution in [1.82, 2.24) is 18.2 Å². The molecule has 0 bridgehead atoms. The monoisotopic (exact) mass is 264 g/mol. The summed E-state index contributed by atoms with van der Waals surface area (Å²) in [5.74, 6) is 0. The Morgan fingerprint density at radius 1 is 0.867 bits per heavy atom. The van der Waals surface area contributed by atoms with Crippen LogP contribution in [0.25, 0.3) is 21.8 Å². The molecule has 0 aliphatic carbocycles. The molecule has 4 nitrogen and oxygen atoms in total. The SMILES string of the molecule is Cc1c2cnncc2c(C)c2n[se]nc12. The van der Waals surface area contributed by atoms with Crippen molar-refractivity contribution in [3.8, 4) is 0 Å². The maximum absolute atomic E-state index is 4.46. The van der Waals surface area contributed by atoms with Crippen LogP contribution in [-0.2, 0) is 0 Å². The quantitative estimate of drug-likeness (QED) is 0.573. The van der Waals surface area contributed by atoms with E-state index in [4.69, 9.17) is 0 Å². The van der Waals surface area contributed by atoms with Crippen LogP contribution in [0.5, 0.6) is 0 Å². The molecule has 0 atom stereocenters. The van der Waals surface area contributed by atoms with Crippen LogP contribution in [-0.4, -0.2) is 33.1 Å². The molecule has 3 rings (SSSR count). The molecule has 0 spiro atoms. The first kappa shape index (κ1) is 8.95. The molecule has 2 heterocycles. The van der Waals surface area contributed by atoms with E-state index in [2.05, 4.69) is 32.0 Å². The van der Waals surface area contributed by atoms with E-state index in [-0.39, 0.29) is 15.0 Å². The summed E-state index contributed by atoms with van der Waals surface area (Å²) < 4.78 is 8.91. The summed E-state index contributed by atoms with van der Waals surface area (Å²) in [6.07, 6.45) is 3.61. The maximum atomic E-state index is 4.46. The fourth-order valence-electron chi connectivity index (χ4n) is 1.85. The van der Waals surface area contributed by atoms with Crippen molar-refractivity contribution >= 4 is 36.8 Å². The van der Waals surface area contributed by atoms with Crippen molar-refractivity contribution in [3.05, 3.63) is 23.5 Å². The van der Waals surface area contributed by atoms with Crippen molar-refractivity contribution in [2.24, 2.45) is 0 Å². The van der Waals surface area contributed by atoms with Crippen LogP contribution in [0.3, 0.4) is 0 Å². The standard InChI is InChI=1S/C10H8N4Se/c1-5-7-3-11-12-4-8(7)6(2)10-9(5)13-15-14-10/h3-4H,1-2H3. The first-order valence-corrected chi connectivity index (χ1v) is 6.14. The van der Waals surface area contributed by atoms with Gasteiger partial charge < -0.3 is 0 Å². The summed E-state index contributed by atoms with van der Waals surface area (Å²) in [6, 6.07) is 0. The Kier molecular flexibility index (Phi) is 1.84. The van der Waals surface area contributed by atoms with Gasteiger partial charge in [0.05, 0.1) is 0 Å². The number of aromatic nitrogens is 4. The molecule has 0 N–H and O–H groups in total. The fourth-order valence-corrected chi connectivity index (χ4v) is 3.22. The van der Waals surface area contributed by atoms with Gasteiger partial charge in [-0.25, -0.2) is 0 Å². The molecule has 3 aromatic rings. The van der Waals surface area contributed by atoms with Crippen LogP contribution in [0, 0.1) is 13.8 Å². The van der Waals surface area contributed by atoms with Gasteiger partial charge in [-0.2, -0.15) is 0 Å². The molecule has 1 aromatic carbocycles. The topological polar surface area (TPSA) is 51.6 Å². The van der Waals surface area contributed by atoms with Gasteiger partial charge in [-0.15, -0.1) is 0 Å². The zero-order valence-electron chi connectivity index (χ0n) is 8.35. The molecular weight excluding hydrogens is 255 g/mol. The number of benzene rings is 1. The zero-order valence-corrected chi connectivity index (χ0v) is 10.1. The van der Waals surface area contributed by atoms with Gasteiger partial charge in [-0.1, -0.05) is 0 Å². The third kappa shape index (κ3) is 1.14. The molecular formula is C10H8N4Se. The zero-order chi connectivity index (χ0) is 10.4. The van der Waals surface area contributed by atoms with E-state index in [0.717, 1.165) is 21.8 Å². The van der Waals surface area contributed by atoms with Crippen LogP contribution in [0.15, 0.2) is 12.4 Å². The van der Waals surface area contributed by atoms with Gasteiger partial charge in [0.1, 0.15) is 0 Å². The number of aryl methyl sites for hydroxylation is 2. The van der Waals surface area contributed by atoms with Gasteiger partial charge in [0.2, 0.25) is 0 Å². The Morgan fingerprint density at radius 3 is 1.80 bits per heavy atom. The molecule has 74 valence electrons. The molecule has 0 amide bonds. The average Bonchev–Trinajstić information content (AvgIpc) is 2.75. The number of rotatable bonds is 0. The summed E-state index contributed by atoms with van der Waals surface area (Å²) in [6.45, 7) is 4.14. The molecule has 0 fully saturated rings. The number of nitrogens with zero attached hydrogens (tertiary/aromatic N) is 4. The van der Waals surface area contributed by atoms with E-state index in [1.807, 2.05) is 0 Å². The fraction of sp³-hybridized carbons (Fsp3) is 0.200. The molecule has 15 heavy (non-hydrogen) atoms. The summed E-state index contributed by atoms with van der Waals surface area (Å²) in [5, 5.41) is 10.1. The van der Waals surface area contributed by atoms with Gasteiger partial charge in [0, 0.05) is 0 Å². The predicted octanol–water partition coefficient (Wildman–Crippen LogP) is 1.25. The molecule has 0 saturated heterocycles. The van der Waals surface area contributed by atoms with Crippen LogP contribution in [0.2, 0.25) is 0 Å². The molecule has 0 unspecified atom stereocenters. The van der Waals surface area contributed by atoms with Crippen LogP contribution in [0.4, 0.5) is 0 Å². The predicted molar refractivity (Wildman–Crippen MR) is 59.0 cm³/mol. The van der Waals surface area contributed by atoms with Crippen molar-refractivity contribution in [3.63, 3.8) is 0 Å². The van der Waals surface area contributed by atoms with Crippen LogP contribution < -0.4 is 0 Å². The van der Waals surface area contributed by atoms with E-state index >= 15 is 0 Å². The van der Waals surface area contributed by atoms with E-state index < -0.39 is 0 Å². The van der Waals surface area contributed by atoms with Crippen LogP contribution in [0.1, 0.15) is 11.1 Å².